The molecule has 11 heteroatoms. The highest BCUT2D eigenvalue weighted by Crippen LogP contribution is 2.34. The number of fused-ring (bicyclic) bond motifs is 1. The normalized spacial score (nSPS) is 16.5. The summed E-state index contributed by atoms with van der Waals surface area (Å²) in [5.74, 6) is 0.215. The number of aromatic nitrogens is 4. The summed E-state index contributed by atoms with van der Waals surface area (Å²) in [6.07, 6.45) is 10.6. The summed E-state index contributed by atoms with van der Waals surface area (Å²) in [6.45, 7) is 0.669. The molecular weight excluding hydrogens is 691 g/mol. The van der Waals surface area contributed by atoms with Crippen LogP contribution in [0.25, 0.3) is 28.0 Å². The lowest BCUT2D eigenvalue weighted by molar-refractivity contribution is -0.111. The minimum atomic E-state index is -0.207. The van der Waals surface area contributed by atoms with Crippen molar-refractivity contribution in [3.63, 3.8) is 0 Å². The molecule has 1 aliphatic carbocycles. The molecular formula is C35H35IN8O2. The lowest BCUT2D eigenvalue weighted by Crippen LogP contribution is -2.42. The molecule has 1 fully saturated rings. The zero-order valence-corrected chi connectivity index (χ0v) is 27.6. The van der Waals surface area contributed by atoms with Crippen molar-refractivity contribution in [1.82, 2.24) is 28.0 Å². The molecule has 5 aromatic rings. The van der Waals surface area contributed by atoms with Gasteiger partial charge in [0, 0.05) is 76.8 Å². The molecule has 0 radical (unpaired) electrons. The Morgan fingerprint density at radius 3 is 2.59 bits per heavy atom. The van der Waals surface area contributed by atoms with Crippen LogP contribution in [0.3, 0.4) is 0 Å². The minimum Gasteiger partial charge on any atom is -0.351 e. The molecule has 3 N–H and O–H groups in total. The number of anilines is 2. The maximum atomic E-state index is 13.1. The number of likely N-dealkylation sites (N-methyl/N-ethyl adjacent to an activating group) is 1. The second-order valence-electron chi connectivity index (χ2n) is 11.3. The highest BCUT2D eigenvalue weighted by Gasteiger charge is 2.25. The number of carbonyl (C=O) groups is 2. The Morgan fingerprint density at radius 2 is 1.78 bits per heavy atom. The van der Waals surface area contributed by atoms with Crippen LogP contribution in [0.2, 0.25) is 0 Å². The van der Waals surface area contributed by atoms with Gasteiger partial charge in [0.1, 0.15) is 5.69 Å². The van der Waals surface area contributed by atoms with Crippen molar-refractivity contribution in [1.29, 1.82) is 0 Å². The van der Waals surface area contributed by atoms with Gasteiger partial charge in [0.25, 0.3) is 5.91 Å². The summed E-state index contributed by atoms with van der Waals surface area (Å²) in [5, 5.41) is 14.4. The van der Waals surface area contributed by atoms with E-state index in [0.29, 0.717) is 23.7 Å². The van der Waals surface area contributed by atoms with Crippen molar-refractivity contribution in [2.24, 2.45) is 0 Å². The van der Waals surface area contributed by atoms with E-state index in [0.717, 1.165) is 53.7 Å². The van der Waals surface area contributed by atoms with Gasteiger partial charge in [-0.2, -0.15) is 5.10 Å². The fraction of sp³-hybridized carbons (Fsp3) is 0.229. The summed E-state index contributed by atoms with van der Waals surface area (Å²) in [6, 6.07) is 25.2. The molecule has 46 heavy (non-hydrogen) atoms. The zero-order valence-electron chi connectivity index (χ0n) is 25.4. The van der Waals surface area contributed by atoms with Crippen LogP contribution in [0.5, 0.6) is 0 Å². The third kappa shape index (κ3) is 7.77. The molecule has 2 amide bonds. The van der Waals surface area contributed by atoms with E-state index in [9.17, 15) is 9.59 Å². The molecule has 3 aromatic heterocycles. The Balaban J connectivity index is 1.10. The highest BCUT2D eigenvalue weighted by atomic mass is 127. The van der Waals surface area contributed by atoms with E-state index in [2.05, 4.69) is 55.9 Å². The highest BCUT2D eigenvalue weighted by molar-refractivity contribution is 14.1. The number of carbonyl (C=O) groups excluding carboxylic acids is 2. The second-order valence-corrected chi connectivity index (χ2v) is 13.0. The van der Waals surface area contributed by atoms with Crippen LogP contribution in [-0.2, 0) is 4.79 Å². The maximum Gasteiger partial charge on any atom is 0.251 e. The lowest BCUT2D eigenvalue weighted by atomic mass is 9.91. The first-order valence-electron chi connectivity index (χ1n) is 15.3. The summed E-state index contributed by atoms with van der Waals surface area (Å²) in [4.78, 5) is 34.7. The van der Waals surface area contributed by atoms with Gasteiger partial charge in [-0.3, -0.25) is 9.59 Å². The van der Waals surface area contributed by atoms with Crippen LogP contribution in [0.4, 0.5) is 11.6 Å². The first-order valence-corrected chi connectivity index (χ1v) is 16.3. The van der Waals surface area contributed by atoms with E-state index in [1.807, 2.05) is 63.3 Å². The van der Waals surface area contributed by atoms with E-state index in [-0.39, 0.29) is 23.9 Å². The number of halogens is 1. The predicted octanol–water partition coefficient (Wildman–Crippen LogP) is 6.39. The van der Waals surface area contributed by atoms with Crippen LogP contribution in [0.1, 0.15) is 36.0 Å². The number of rotatable bonds is 10. The smallest absolute Gasteiger partial charge is 0.251 e. The Kier molecular flexibility index (Phi) is 9.99. The number of benzene rings is 2. The summed E-state index contributed by atoms with van der Waals surface area (Å²) < 4.78 is 3.83. The third-order valence-electron chi connectivity index (χ3n) is 7.88. The van der Waals surface area contributed by atoms with Crippen LogP contribution in [0, 0.1) is 0 Å². The second kappa shape index (κ2) is 14.6. The van der Waals surface area contributed by atoms with Crippen molar-refractivity contribution in [2.45, 2.75) is 37.8 Å². The molecule has 2 atom stereocenters. The molecule has 234 valence electrons. The van der Waals surface area contributed by atoms with Gasteiger partial charge in [0.05, 0.1) is 16.8 Å². The number of hydrogen-bond donors (Lipinski definition) is 3. The Bertz CT molecular complexity index is 1840. The van der Waals surface area contributed by atoms with Gasteiger partial charge in [-0.05, 0) is 75.2 Å². The monoisotopic (exact) mass is 726 g/mol. The largest absolute Gasteiger partial charge is 0.351 e. The first kappa shape index (κ1) is 31.4. The fourth-order valence-electron chi connectivity index (χ4n) is 5.71. The summed E-state index contributed by atoms with van der Waals surface area (Å²) in [7, 11) is 1.93. The molecule has 1 saturated carbocycles. The fourth-order valence-corrected chi connectivity index (χ4v) is 5.94. The van der Waals surface area contributed by atoms with E-state index in [4.69, 9.17) is 10.1 Å². The van der Waals surface area contributed by atoms with Gasteiger partial charge in [0.2, 0.25) is 11.9 Å². The summed E-state index contributed by atoms with van der Waals surface area (Å²) >= 11 is 2.16. The zero-order chi connectivity index (χ0) is 31.9. The third-order valence-corrected chi connectivity index (χ3v) is 8.28. The van der Waals surface area contributed by atoms with E-state index >= 15 is 0 Å². The van der Waals surface area contributed by atoms with Crippen LogP contribution >= 0.6 is 22.9 Å². The van der Waals surface area contributed by atoms with Crippen LogP contribution in [0.15, 0.2) is 103 Å². The topological polar surface area (TPSA) is 117 Å². The van der Waals surface area contributed by atoms with Gasteiger partial charge >= 0.3 is 0 Å². The van der Waals surface area contributed by atoms with Gasteiger partial charge in [-0.15, -0.1) is 0 Å². The Labute approximate surface area is 281 Å². The number of pyridine rings is 1. The van der Waals surface area contributed by atoms with Gasteiger partial charge < -0.3 is 16.0 Å². The molecule has 1 aliphatic rings. The predicted molar refractivity (Wildman–Crippen MR) is 190 cm³/mol. The van der Waals surface area contributed by atoms with Crippen LogP contribution < -0.4 is 16.0 Å². The molecule has 3 heterocycles. The number of amides is 2. The van der Waals surface area contributed by atoms with Crippen LogP contribution in [-0.4, -0.2) is 60.2 Å². The van der Waals surface area contributed by atoms with Crippen molar-refractivity contribution in [3.8, 4) is 22.5 Å². The molecule has 2 aromatic carbocycles. The molecule has 10 nitrogen and oxygen atoms in total. The molecule has 6 rings (SSSR count). The van der Waals surface area contributed by atoms with Gasteiger partial charge in [-0.25, -0.2) is 17.6 Å². The molecule has 0 aliphatic heterocycles. The standard InChI is InChI=1S/C35H35IN8O2/c1-43(36)21-8-14-31(45)38-26-17-15-25(16-18-26)34(46)39-27-11-7-12-28(23-27)40-35-37-20-19-29(41-35)32-30-13-5-6-22-44(30)42-33(32)24-9-3-2-4-10-24/h2-6,8-10,13-20,22,27-28H,7,11-12,21,23H2,1H3,(H,38,45)(H,39,46)(H,37,40,41)/b14-8+. The maximum absolute atomic E-state index is 13.1. The number of hydrogen-bond acceptors (Lipinski definition) is 7. The quantitative estimate of drug-likeness (QED) is 0.0869. The van der Waals surface area contributed by atoms with Gasteiger partial charge in [-0.1, -0.05) is 42.5 Å². The SMILES string of the molecule is CN(I)C/C=C/C(=O)Nc1ccc(C(=O)NC2CCCC(Nc3nccc(-c4c(-c5ccccc5)nn5ccccc45)n3)C2)cc1. The average molecular weight is 727 g/mol. The molecule has 0 saturated heterocycles. The van der Waals surface area contributed by atoms with Crippen molar-refractivity contribution >= 4 is 51.8 Å². The van der Waals surface area contributed by atoms with Crippen molar-refractivity contribution < 1.29 is 9.59 Å². The summed E-state index contributed by atoms with van der Waals surface area (Å²) in [5.41, 5.74) is 5.79. The average Bonchev–Trinajstić information content (AvgIpc) is 3.45. The van der Waals surface area contributed by atoms with E-state index < -0.39 is 0 Å². The number of nitrogens with zero attached hydrogens (tertiary/aromatic N) is 5. The molecule has 0 spiro atoms. The van der Waals surface area contributed by atoms with Crippen molar-refractivity contribution in [3.05, 3.63) is 109 Å². The number of nitrogens with one attached hydrogen (secondary N) is 3. The van der Waals surface area contributed by atoms with Gasteiger partial charge in [0.15, 0.2) is 0 Å². The molecule has 0 bridgehead atoms. The molecule has 2 unspecified atom stereocenters. The Hall–Kier alpha value is -4.62. The van der Waals surface area contributed by atoms with E-state index in [1.165, 1.54) is 6.08 Å². The van der Waals surface area contributed by atoms with E-state index in [1.54, 1.807) is 36.5 Å². The lowest BCUT2D eigenvalue weighted by Gasteiger charge is -2.30. The van der Waals surface area contributed by atoms with Crippen molar-refractivity contribution in [2.75, 3.05) is 24.2 Å². The minimum absolute atomic E-state index is 0.0202. The Morgan fingerprint density at radius 1 is 1.00 bits per heavy atom. The first-order chi connectivity index (χ1) is 22.4.